The highest BCUT2D eigenvalue weighted by molar-refractivity contribution is 6.08. The largest absolute Gasteiger partial charge is 0.493 e. The number of carbonyl (C=O) groups is 2. The summed E-state index contributed by atoms with van der Waals surface area (Å²) < 4.78 is 35.0. The second-order valence-electron chi connectivity index (χ2n) is 9.91. The summed E-state index contributed by atoms with van der Waals surface area (Å²) in [4.78, 5) is 27.2. The van der Waals surface area contributed by atoms with Crippen molar-refractivity contribution in [3.05, 3.63) is 40.4 Å². The summed E-state index contributed by atoms with van der Waals surface area (Å²) in [6.45, 7) is 8.17. The molecule has 35 heavy (non-hydrogen) atoms. The molecule has 8 heteroatoms. The van der Waals surface area contributed by atoms with Gasteiger partial charge >= 0.3 is 5.97 Å². The Morgan fingerprint density at radius 3 is 2.63 bits per heavy atom. The van der Waals surface area contributed by atoms with Gasteiger partial charge in [0.25, 0.3) is 0 Å². The van der Waals surface area contributed by atoms with E-state index in [1.54, 1.807) is 0 Å². The Kier molecular flexibility index (Phi) is 5.73. The predicted molar refractivity (Wildman–Crippen MR) is 125 cm³/mol. The van der Waals surface area contributed by atoms with Crippen molar-refractivity contribution >= 4 is 11.8 Å². The minimum absolute atomic E-state index is 0.0409. The topological polar surface area (TPSA) is 89.5 Å². The molecule has 0 aromatic heterocycles. The second-order valence-corrected chi connectivity index (χ2v) is 9.91. The second kappa shape index (κ2) is 8.50. The van der Waals surface area contributed by atoms with Gasteiger partial charge in [-0.1, -0.05) is 27.7 Å². The fourth-order valence-electron chi connectivity index (χ4n) is 5.59. The van der Waals surface area contributed by atoms with Crippen LogP contribution in [0.4, 0.5) is 0 Å². The number of esters is 1. The van der Waals surface area contributed by atoms with Gasteiger partial charge in [-0.15, -0.1) is 0 Å². The van der Waals surface area contributed by atoms with Crippen LogP contribution in [0.1, 0.15) is 57.8 Å². The number of rotatable bonds is 5. The molecule has 0 radical (unpaired) electrons. The van der Waals surface area contributed by atoms with Gasteiger partial charge in [-0.05, 0) is 36.5 Å². The van der Waals surface area contributed by atoms with Crippen LogP contribution in [0.5, 0.6) is 17.2 Å². The van der Waals surface area contributed by atoms with Crippen LogP contribution < -0.4 is 14.2 Å². The molecule has 5 atom stereocenters. The van der Waals surface area contributed by atoms with Crippen LogP contribution in [0, 0.1) is 17.8 Å². The molecule has 188 valence electrons. The minimum atomic E-state index is -1.13. The first-order valence-electron chi connectivity index (χ1n) is 12.2. The quantitative estimate of drug-likeness (QED) is 0.570. The molecule has 0 fully saturated rings. The molecule has 8 nitrogen and oxygen atoms in total. The molecule has 0 N–H and O–H groups in total. The Balaban J connectivity index is 1.79. The zero-order valence-electron chi connectivity index (χ0n) is 21.1. The molecule has 0 bridgehead atoms. The van der Waals surface area contributed by atoms with Crippen molar-refractivity contribution in [3.8, 4) is 17.2 Å². The lowest BCUT2D eigenvalue weighted by molar-refractivity contribution is -0.158. The van der Waals surface area contributed by atoms with Crippen LogP contribution >= 0.6 is 0 Å². The van der Waals surface area contributed by atoms with Crippen molar-refractivity contribution in [1.29, 1.82) is 0 Å². The maximum Gasteiger partial charge on any atom is 0.309 e. The van der Waals surface area contributed by atoms with Crippen molar-refractivity contribution in [2.24, 2.45) is 17.8 Å². The number of hydrogen-bond donors (Lipinski definition) is 0. The van der Waals surface area contributed by atoms with E-state index in [-0.39, 0.29) is 48.7 Å². The van der Waals surface area contributed by atoms with Crippen molar-refractivity contribution in [1.82, 2.24) is 0 Å². The van der Waals surface area contributed by atoms with E-state index >= 15 is 0 Å². The van der Waals surface area contributed by atoms with Gasteiger partial charge in [0, 0.05) is 17.0 Å². The lowest BCUT2D eigenvalue weighted by atomic mass is 9.62. The van der Waals surface area contributed by atoms with Crippen LogP contribution in [0.3, 0.4) is 0 Å². The molecular weight excluding hydrogens is 452 g/mol. The average Bonchev–Trinajstić information content (AvgIpc) is 3.48. The molecule has 2 aliphatic heterocycles. The van der Waals surface area contributed by atoms with E-state index in [1.165, 1.54) is 14.2 Å². The smallest absolute Gasteiger partial charge is 0.309 e. The molecule has 4 aliphatic rings. The highest BCUT2D eigenvalue weighted by Gasteiger charge is 2.59. The lowest BCUT2D eigenvalue weighted by Gasteiger charge is -2.41. The monoisotopic (exact) mass is 484 g/mol. The van der Waals surface area contributed by atoms with Crippen LogP contribution in [-0.4, -0.2) is 39.4 Å². The number of hydrogen-bond acceptors (Lipinski definition) is 8. The van der Waals surface area contributed by atoms with Gasteiger partial charge in [-0.2, -0.15) is 0 Å². The van der Waals surface area contributed by atoms with Gasteiger partial charge in [0.05, 0.1) is 20.1 Å². The number of fused-ring (bicyclic) bond motifs is 2. The Morgan fingerprint density at radius 1 is 1.17 bits per heavy atom. The first kappa shape index (κ1) is 23.6. The fourth-order valence-corrected chi connectivity index (χ4v) is 5.59. The van der Waals surface area contributed by atoms with E-state index in [1.807, 2.05) is 26.0 Å². The predicted octanol–water partition coefficient (Wildman–Crippen LogP) is 4.37. The SMILES string of the molecule is CC[C@@H](C)C(=O)O[C@H]1c2cc3c(c4c2[C@]2(CO4)C(=O)C(OC)=C(OC)C=C2C[C@H](C)[C@@H]1C)OCO3. The number of ether oxygens (including phenoxy) is 6. The van der Waals surface area contributed by atoms with Gasteiger partial charge < -0.3 is 28.4 Å². The molecule has 1 aromatic rings. The third kappa shape index (κ3) is 3.25. The first-order chi connectivity index (χ1) is 16.8. The maximum atomic E-state index is 14.2. The molecule has 0 saturated carbocycles. The number of Topliss-reactive ketones (excluding diaryl/α,β-unsaturated/α-hetero) is 1. The van der Waals surface area contributed by atoms with Gasteiger partial charge in [-0.25, -0.2) is 0 Å². The molecule has 2 aliphatic carbocycles. The number of ketones is 1. The molecule has 5 rings (SSSR count). The Bertz CT molecular complexity index is 1150. The summed E-state index contributed by atoms with van der Waals surface area (Å²) >= 11 is 0. The molecule has 0 saturated heterocycles. The van der Waals surface area contributed by atoms with E-state index < -0.39 is 11.5 Å². The van der Waals surface area contributed by atoms with Crippen molar-refractivity contribution in [2.75, 3.05) is 27.6 Å². The number of carbonyl (C=O) groups excluding carboxylic acids is 2. The number of benzene rings is 1. The maximum absolute atomic E-state index is 14.2. The number of methoxy groups -OCH3 is 2. The zero-order chi connectivity index (χ0) is 25.1. The minimum Gasteiger partial charge on any atom is -0.493 e. The molecule has 1 aromatic carbocycles. The van der Waals surface area contributed by atoms with Crippen molar-refractivity contribution in [3.63, 3.8) is 0 Å². The summed E-state index contributed by atoms with van der Waals surface area (Å²) in [5.74, 6) is 1.32. The molecule has 0 unspecified atom stereocenters. The summed E-state index contributed by atoms with van der Waals surface area (Å²) in [6, 6.07) is 1.85. The van der Waals surface area contributed by atoms with Crippen LogP contribution in [0.2, 0.25) is 0 Å². The van der Waals surface area contributed by atoms with Gasteiger partial charge in [0.2, 0.25) is 24.1 Å². The summed E-state index contributed by atoms with van der Waals surface area (Å²) in [5.41, 5.74) is 1.15. The normalized spacial score (nSPS) is 29.3. The first-order valence-corrected chi connectivity index (χ1v) is 12.2. The van der Waals surface area contributed by atoms with Crippen molar-refractivity contribution in [2.45, 2.75) is 52.1 Å². The molecular formula is C27H32O8. The van der Waals surface area contributed by atoms with Crippen LogP contribution in [-0.2, 0) is 29.2 Å². The number of allylic oxidation sites excluding steroid dienone is 2. The van der Waals surface area contributed by atoms with Gasteiger partial charge in [-0.3, -0.25) is 9.59 Å². The third-order valence-corrected chi connectivity index (χ3v) is 8.09. The Morgan fingerprint density at radius 2 is 1.94 bits per heavy atom. The lowest BCUT2D eigenvalue weighted by Crippen LogP contribution is -2.46. The summed E-state index contributed by atoms with van der Waals surface area (Å²) in [6.07, 6.45) is 2.60. The highest BCUT2D eigenvalue weighted by atomic mass is 16.7. The van der Waals surface area contributed by atoms with E-state index in [2.05, 4.69) is 13.8 Å². The third-order valence-electron chi connectivity index (χ3n) is 8.09. The zero-order valence-corrected chi connectivity index (χ0v) is 21.1. The fraction of sp³-hybridized carbons (Fsp3) is 0.556. The molecule has 0 amide bonds. The van der Waals surface area contributed by atoms with Gasteiger partial charge in [0.15, 0.2) is 17.3 Å². The highest BCUT2D eigenvalue weighted by Crippen LogP contribution is 2.61. The van der Waals surface area contributed by atoms with E-state index in [0.29, 0.717) is 47.0 Å². The Hall–Kier alpha value is -3.16. The standard InChI is InChI=1S/C27H32O8/c1-7-13(2)26(29)35-21-15(4)14(3)8-16-9-18(30-5)23(31-6)25(28)27(16)11-32-24-20(27)17(21)10-19-22(24)34-12-33-19/h9-10,13-15,21H,7-8,11-12H2,1-6H3/t13-,14+,15+,21-,27-/m1/s1. The summed E-state index contributed by atoms with van der Waals surface area (Å²) in [5, 5.41) is 0. The van der Waals surface area contributed by atoms with E-state index in [9.17, 15) is 9.59 Å². The van der Waals surface area contributed by atoms with Crippen LogP contribution in [0.25, 0.3) is 0 Å². The Labute approximate surface area is 205 Å². The average molecular weight is 485 g/mol. The molecule has 1 spiro atoms. The van der Waals surface area contributed by atoms with Crippen LogP contribution in [0.15, 0.2) is 29.2 Å². The van der Waals surface area contributed by atoms with Crippen molar-refractivity contribution < 1.29 is 38.0 Å². The summed E-state index contributed by atoms with van der Waals surface area (Å²) in [7, 11) is 2.99. The van der Waals surface area contributed by atoms with E-state index in [0.717, 1.165) is 5.57 Å². The van der Waals surface area contributed by atoms with E-state index in [4.69, 9.17) is 28.4 Å². The molecule has 2 heterocycles. The van der Waals surface area contributed by atoms with Gasteiger partial charge in [0.1, 0.15) is 18.1 Å².